The van der Waals surface area contributed by atoms with Crippen molar-refractivity contribution in [2.45, 2.75) is 18.2 Å². The number of ketones is 1. The van der Waals surface area contributed by atoms with Crippen LogP contribution in [-0.2, 0) is 6.42 Å². The molecule has 0 fully saturated rings. The molecule has 0 atom stereocenters. The normalized spacial score (nSPS) is 10.3. The van der Waals surface area contributed by atoms with E-state index < -0.39 is 0 Å². The summed E-state index contributed by atoms with van der Waals surface area (Å²) in [5, 5.41) is 0. The van der Waals surface area contributed by atoms with Crippen LogP contribution in [0.2, 0.25) is 0 Å². The van der Waals surface area contributed by atoms with Crippen molar-refractivity contribution >= 4 is 17.5 Å². The summed E-state index contributed by atoms with van der Waals surface area (Å²) in [5.74, 6) is 0.748. The smallest absolute Gasteiger partial charge is 0.200 e. The maximum atomic E-state index is 12.0. The molecule has 0 saturated heterocycles. The lowest BCUT2D eigenvalue weighted by molar-refractivity contribution is 0.0921. The van der Waals surface area contributed by atoms with Crippen molar-refractivity contribution in [1.29, 1.82) is 0 Å². The standard InChI is InChI=1S/C17H18O2S/c1-3-13-5-4-6-15(11-13)19-12-17(18)14-7-9-16(20-2)10-8-14/h4-11H,3,12H2,1-2H3. The van der Waals surface area contributed by atoms with Crippen LogP contribution in [0.4, 0.5) is 0 Å². The molecule has 20 heavy (non-hydrogen) atoms. The van der Waals surface area contributed by atoms with Gasteiger partial charge in [0.2, 0.25) is 0 Å². The second kappa shape index (κ2) is 7.15. The summed E-state index contributed by atoms with van der Waals surface area (Å²) in [5.41, 5.74) is 1.90. The summed E-state index contributed by atoms with van der Waals surface area (Å²) in [4.78, 5) is 13.2. The van der Waals surface area contributed by atoms with Gasteiger partial charge in [-0.2, -0.15) is 0 Å². The minimum atomic E-state index is -0.000412. The number of hydrogen-bond donors (Lipinski definition) is 0. The molecule has 104 valence electrons. The Balaban J connectivity index is 1.97. The largest absolute Gasteiger partial charge is 0.485 e. The number of thioether (sulfide) groups is 1. The van der Waals surface area contributed by atoms with Crippen LogP contribution >= 0.6 is 11.8 Å². The monoisotopic (exact) mass is 286 g/mol. The van der Waals surface area contributed by atoms with Gasteiger partial charge in [-0.15, -0.1) is 11.8 Å². The molecule has 0 N–H and O–H groups in total. The molecule has 0 aliphatic heterocycles. The molecule has 0 aromatic heterocycles. The van der Waals surface area contributed by atoms with Crippen molar-refractivity contribution in [3.8, 4) is 5.75 Å². The fourth-order valence-corrected chi connectivity index (χ4v) is 2.27. The van der Waals surface area contributed by atoms with Gasteiger partial charge in [-0.05, 0) is 42.5 Å². The van der Waals surface area contributed by atoms with Crippen LogP contribution in [0.15, 0.2) is 53.4 Å². The summed E-state index contributed by atoms with van der Waals surface area (Å²) < 4.78 is 5.57. The van der Waals surface area contributed by atoms with Crippen LogP contribution < -0.4 is 4.74 Å². The van der Waals surface area contributed by atoms with E-state index in [1.165, 1.54) is 5.56 Å². The zero-order valence-electron chi connectivity index (χ0n) is 11.8. The van der Waals surface area contributed by atoms with Crippen molar-refractivity contribution in [2.24, 2.45) is 0 Å². The SMILES string of the molecule is CCc1cccc(OCC(=O)c2ccc(SC)cc2)c1. The van der Waals surface area contributed by atoms with Gasteiger partial charge in [-0.25, -0.2) is 0 Å². The summed E-state index contributed by atoms with van der Waals surface area (Å²) in [7, 11) is 0. The van der Waals surface area contributed by atoms with E-state index in [-0.39, 0.29) is 12.4 Å². The van der Waals surface area contributed by atoms with E-state index in [0.29, 0.717) is 5.56 Å². The Hall–Kier alpha value is -1.74. The van der Waals surface area contributed by atoms with Crippen LogP contribution in [-0.4, -0.2) is 18.6 Å². The second-order valence-corrected chi connectivity index (χ2v) is 5.32. The molecule has 0 spiro atoms. The van der Waals surface area contributed by atoms with Gasteiger partial charge in [0, 0.05) is 10.5 Å². The van der Waals surface area contributed by atoms with E-state index in [1.807, 2.05) is 48.7 Å². The van der Waals surface area contributed by atoms with Crippen LogP contribution in [0.3, 0.4) is 0 Å². The van der Waals surface area contributed by atoms with Crippen LogP contribution in [0.1, 0.15) is 22.8 Å². The number of hydrogen-bond acceptors (Lipinski definition) is 3. The van der Waals surface area contributed by atoms with Crippen molar-refractivity contribution in [3.63, 3.8) is 0 Å². The van der Waals surface area contributed by atoms with E-state index in [1.54, 1.807) is 11.8 Å². The van der Waals surface area contributed by atoms with E-state index in [4.69, 9.17) is 4.74 Å². The first-order chi connectivity index (χ1) is 9.72. The third-order valence-electron chi connectivity index (χ3n) is 3.09. The Bertz CT molecular complexity index is 576. The Morgan fingerprint density at radius 3 is 2.55 bits per heavy atom. The molecule has 2 rings (SSSR count). The lowest BCUT2D eigenvalue weighted by atomic mass is 10.1. The Labute approximate surface area is 124 Å². The van der Waals surface area contributed by atoms with Crippen LogP contribution in [0.5, 0.6) is 5.75 Å². The van der Waals surface area contributed by atoms with Gasteiger partial charge in [-0.3, -0.25) is 4.79 Å². The first-order valence-electron chi connectivity index (χ1n) is 6.62. The molecule has 0 aliphatic rings. The highest BCUT2D eigenvalue weighted by molar-refractivity contribution is 7.98. The quantitative estimate of drug-likeness (QED) is 0.587. The number of rotatable bonds is 6. The molecular weight excluding hydrogens is 268 g/mol. The zero-order chi connectivity index (χ0) is 14.4. The summed E-state index contributed by atoms with van der Waals surface area (Å²) in [6.45, 7) is 2.17. The van der Waals surface area contributed by atoms with Crippen molar-refractivity contribution in [2.75, 3.05) is 12.9 Å². The highest BCUT2D eigenvalue weighted by Gasteiger charge is 2.07. The molecule has 0 heterocycles. The number of Topliss-reactive ketones (excluding diaryl/α,β-unsaturated/α-hetero) is 1. The third-order valence-corrected chi connectivity index (χ3v) is 3.83. The number of ether oxygens (including phenoxy) is 1. The third kappa shape index (κ3) is 3.87. The molecule has 0 aliphatic carbocycles. The molecule has 0 saturated carbocycles. The van der Waals surface area contributed by atoms with Gasteiger partial charge in [0.15, 0.2) is 12.4 Å². The molecule has 0 unspecified atom stereocenters. The van der Waals surface area contributed by atoms with E-state index in [0.717, 1.165) is 17.1 Å². The Kier molecular flexibility index (Phi) is 5.24. The molecule has 0 bridgehead atoms. The summed E-state index contributed by atoms with van der Waals surface area (Å²) >= 11 is 1.66. The highest BCUT2D eigenvalue weighted by Crippen LogP contribution is 2.16. The molecule has 2 aromatic carbocycles. The second-order valence-electron chi connectivity index (χ2n) is 4.44. The number of carbonyl (C=O) groups excluding carboxylic acids is 1. The van der Waals surface area contributed by atoms with Crippen molar-refractivity contribution in [3.05, 3.63) is 59.7 Å². The molecule has 0 radical (unpaired) electrons. The lowest BCUT2D eigenvalue weighted by Gasteiger charge is -2.07. The van der Waals surface area contributed by atoms with Crippen LogP contribution in [0.25, 0.3) is 0 Å². The highest BCUT2D eigenvalue weighted by atomic mass is 32.2. The van der Waals surface area contributed by atoms with Crippen molar-refractivity contribution in [1.82, 2.24) is 0 Å². The zero-order valence-corrected chi connectivity index (χ0v) is 12.6. The fraction of sp³-hybridized carbons (Fsp3) is 0.235. The predicted molar refractivity (Wildman–Crippen MR) is 83.9 cm³/mol. The molecular formula is C17H18O2S. The molecule has 2 nitrogen and oxygen atoms in total. The number of carbonyl (C=O) groups is 1. The minimum absolute atomic E-state index is 0.000412. The Morgan fingerprint density at radius 2 is 1.90 bits per heavy atom. The van der Waals surface area contributed by atoms with Gasteiger partial charge in [0.05, 0.1) is 0 Å². The molecule has 2 aromatic rings. The lowest BCUT2D eigenvalue weighted by Crippen LogP contribution is -2.11. The minimum Gasteiger partial charge on any atom is -0.485 e. The first kappa shape index (κ1) is 14.7. The maximum Gasteiger partial charge on any atom is 0.200 e. The predicted octanol–water partition coefficient (Wildman–Crippen LogP) is 4.23. The van der Waals surface area contributed by atoms with Crippen molar-refractivity contribution < 1.29 is 9.53 Å². The van der Waals surface area contributed by atoms with E-state index >= 15 is 0 Å². The van der Waals surface area contributed by atoms with E-state index in [2.05, 4.69) is 13.0 Å². The summed E-state index contributed by atoms with van der Waals surface area (Å²) in [6, 6.07) is 15.5. The average Bonchev–Trinajstić information content (AvgIpc) is 2.53. The topological polar surface area (TPSA) is 26.3 Å². The first-order valence-corrected chi connectivity index (χ1v) is 7.84. The molecule has 3 heteroatoms. The fourth-order valence-electron chi connectivity index (χ4n) is 1.86. The van der Waals surface area contributed by atoms with Gasteiger partial charge in [0.25, 0.3) is 0 Å². The maximum absolute atomic E-state index is 12.0. The van der Waals surface area contributed by atoms with Gasteiger partial charge < -0.3 is 4.74 Å². The molecule has 0 amide bonds. The van der Waals surface area contributed by atoms with Gasteiger partial charge in [-0.1, -0.05) is 31.2 Å². The average molecular weight is 286 g/mol. The van der Waals surface area contributed by atoms with Gasteiger partial charge >= 0.3 is 0 Å². The number of aryl methyl sites for hydroxylation is 1. The van der Waals surface area contributed by atoms with Crippen LogP contribution in [0, 0.1) is 0 Å². The van der Waals surface area contributed by atoms with E-state index in [9.17, 15) is 4.79 Å². The number of benzene rings is 2. The summed E-state index contributed by atoms with van der Waals surface area (Å²) in [6.07, 6.45) is 2.97. The Morgan fingerprint density at radius 1 is 1.15 bits per heavy atom. The van der Waals surface area contributed by atoms with Gasteiger partial charge in [0.1, 0.15) is 5.75 Å².